The Morgan fingerprint density at radius 1 is 1.44 bits per heavy atom. The molecule has 2 rings (SSSR count). The third-order valence-electron chi connectivity index (χ3n) is 2.59. The van der Waals surface area contributed by atoms with E-state index in [2.05, 4.69) is 32.8 Å². The smallest absolute Gasteiger partial charge is 0.139 e. The van der Waals surface area contributed by atoms with Crippen LogP contribution in [0.2, 0.25) is 0 Å². The van der Waals surface area contributed by atoms with E-state index in [1.807, 2.05) is 25.1 Å². The summed E-state index contributed by atoms with van der Waals surface area (Å²) in [6, 6.07) is 5.82. The topological polar surface area (TPSA) is 54.7 Å². The minimum Gasteiger partial charge on any atom is -0.398 e. The van der Waals surface area contributed by atoms with Gasteiger partial charge in [-0.1, -0.05) is 22.9 Å². The van der Waals surface area contributed by atoms with Crippen molar-refractivity contribution < 1.29 is 0 Å². The lowest BCUT2D eigenvalue weighted by Gasteiger charge is -2.02. The van der Waals surface area contributed by atoms with Crippen LogP contribution in [0.1, 0.15) is 18.3 Å². The molecule has 2 aromatic rings. The van der Waals surface area contributed by atoms with Gasteiger partial charge in [0.2, 0.25) is 0 Å². The zero-order valence-electron chi connectivity index (χ0n) is 9.34. The molecule has 0 amide bonds. The Balaban J connectivity index is 2.50. The van der Waals surface area contributed by atoms with E-state index in [9.17, 15) is 0 Å². The molecule has 4 heteroatoms. The van der Waals surface area contributed by atoms with Crippen LogP contribution in [-0.4, -0.2) is 9.97 Å². The summed E-state index contributed by atoms with van der Waals surface area (Å²) in [5.74, 6) is 0.847. The molecule has 16 heavy (non-hydrogen) atoms. The fourth-order valence-corrected chi connectivity index (χ4v) is 2.10. The zero-order valence-corrected chi connectivity index (χ0v) is 10.9. The zero-order chi connectivity index (χ0) is 11.7. The number of anilines is 1. The molecule has 3 nitrogen and oxygen atoms in total. The van der Waals surface area contributed by atoms with Crippen molar-refractivity contribution in [3.8, 4) is 11.4 Å². The summed E-state index contributed by atoms with van der Waals surface area (Å²) in [7, 11) is 0. The molecule has 1 aromatic heterocycles. The number of halogens is 1. The van der Waals surface area contributed by atoms with Gasteiger partial charge in [-0.15, -0.1) is 0 Å². The van der Waals surface area contributed by atoms with Gasteiger partial charge in [0.1, 0.15) is 5.82 Å². The Kier molecular flexibility index (Phi) is 3.01. The highest BCUT2D eigenvalue weighted by Crippen LogP contribution is 2.27. The van der Waals surface area contributed by atoms with Crippen LogP contribution < -0.4 is 5.73 Å². The van der Waals surface area contributed by atoms with Gasteiger partial charge >= 0.3 is 0 Å². The molecule has 0 radical (unpaired) electrons. The highest BCUT2D eigenvalue weighted by Gasteiger charge is 2.09. The van der Waals surface area contributed by atoms with Gasteiger partial charge in [0.25, 0.3) is 0 Å². The normalized spacial score (nSPS) is 10.7. The van der Waals surface area contributed by atoms with Crippen LogP contribution in [0, 0.1) is 6.92 Å². The number of aromatic amines is 1. The van der Waals surface area contributed by atoms with Gasteiger partial charge in [-0.05, 0) is 31.5 Å². The van der Waals surface area contributed by atoms with Crippen molar-refractivity contribution in [2.45, 2.75) is 20.3 Å². The molecular weight excluding hydrogens is 266 g/mol. The highest BCUT2D eigenvalue weighted by atomic mass is 79.9. The number of imidazole rings is 1. The molecule has 3 N–H and O–H groups in total. The minimum atomic E-state index is 0.728. The Morgan fingerprint density at radius 2 is 2.19 bits per heavy atom. The van der Waals surface area contributed by atoms with Crippen molar-refractivity contribution in [2.75, 3.05) is 5.73 Å². The third kappa shape index (κ3) is 1.97. The Bertz CT molecular complexity index is 517. The Hall–Kier alpha value is -1.29. The van der Waals surface area contributed by atoms with Crippen molar-refractivity contribution >= 4 is 21.6 Å². The van der Waals surface area contributed by atoms with E-state index in [0.717, 1.165) is 39.4 Å². The van der Waals surface area contributed by atoms with E-state index in [1.54, 1.807) is 0 Å². The lowest BCUT2D eigenvalue weighted by atomic mass is 10.2. The number of aryl methyl sites for hydroxylation is 2. The van der Waals surface area contributed by atoms with Crippen LogP contribution >= 0.6 is 15.9 Å². The summed E-state index contributed by atoms with van der Waals surface area (Å²) in [6.07, 6.45) is 0.929. The van der Waals surface area contributed by atoms with Gasteiger partial charge in [-0.2, -0.15) is 0 Å². The molecule has 0 fully saturated rings. The first-order chi connectivity index (χ1) is 7.61. The number of hydrogen-bond acceptors (Lipinski definition) is 2. The Morgan fingerprint density at radius 3 is 2.75 bits per heavy atom. The van der Waals surface area contributed by atoms with E-state index in [-0.39, 0.29) is 0 Å². The van der Waals surface area contributed by atoms with Gasteiger partial charge in [-0.25, -0.2) is 4.98 Å². The number of rotatable bonds is 2. The van der Waals surface area contributed by atoms with E-state index < -0.39 is 0 Å². The maximum atomic E-state index is 5.96. The molecule has 0 aliphatic heterocycles. The van der Waals surface area contributed by atoms with Gasteiger partial charge in [0.15, 0.2) is 0 Å². The largest absolute Gasteiger partial charge is 0.398 e. The van der Waals surface area contributed by atoms with Crippen molar-refractivity contribution in [2.24, 2.45) is 0 Å². The van der Waals surface area contributed by atoms with Gasteiger partial charge < -0.3 is 10.7 Å². The molecule has 0 aliphatic carbocycles. The number of nitrogen functional groups attached to an aromatic ring is 1. The standard InChI is InChI=1S/C12H14BrN3/c1-3-11-7(2)15-12(16-11)9-5-4-8(13)6-10(9)14/h4-6H,3,14H2,1-2H3,(H,15,16). The average molecular weight is 280 g/mol. The summed E-state index contributed by atoms with van der Waals surface area (Å²) >= 11 is 3.39. The molecule has 1 aromatic carbocycles. The first-order valence-corrected chi connectivity index (χ1v) is 6.02. The first kappa shape index (κ1) is 11.2. The molecule has 0 atom stereocenters. The number of hydrogen-bond donors (Lipinski definition) is 2. The van der Waals surface area contributed by atoms with Crippen LogP contribution in [0.5, 0.6) is 0 Å². The summed E-state index contributed by atoms with van der Waals surface area (Å²) in [6.45, 7) is 4.13. The van der Waals surface area contributed by atoms with Crippen LogP contribution in [-0.2, 0) is 6.42 Å². The number of aromatic nitrogens is 2. The molecule has 0 spiro atoms. The lowest BCUT2D eigenvalue weighted by molar-refractivity contribution is 1.04. The second-order valence-electron chi connectivity index (χ2n) is 3.74. The maximum Gasteiger partial charge on any atom is 0.139 e. The van der Waals surface area contributed by atoms with Crippen LogP contribution in [0.3, 0.4) is 0 Å². The van der Waals surface area contributed by atoms with Crippen molar-refractivity contribution in [1.29, 1.82) is 0 Å². The molecule has 1 heterocycles. The SMILES string of the molecule is CCc1nc(-c2ccc(Br)cc2N)[nH]c1C. The molecule has 0 aliphatic rings. The van der Waals surface area contributed by atoms with E-state index in [1.165, 1.54) is 0 Å². The average Bonchev–Trinajstić information content (AvgIpc) is 2.59. The molecule has 0 saturated carbocycles. The maximum absolute atomic E-state index is 5.96. The van der Waals surface area contributed by atoms with Crippen LogP contribution in [0.25, 0.3) is 11.4 Å². The number of H-pyrrole nitrogens is 1. The molecule has 0 saturated heterocycles. The predicted octanol–water partition coefficient (Wildman–Crippen LogP) is 3.29. The third-order valence-corrected chi connectivity index (χ3v) is 3.08. The number of nitrogens with zero attached hydrogens (tertiary/aromatic N) is 1. The monoisotopic (exact) mass is 279 g/mol. The summed E-state index contributed by atoms with van der Waals surface area (Å²) in [4.78, 5) is 7.80. The summed E-state index contributed by atoms with van der Waals surface area (Å²) in [5.41, 5.74) is 9.85. The van der Waals surface area contributed by atoms with Crippen molar-refractivity contribution in [3.05, 3.63) is 34.1 Å². The second-order valence-corrected chi connectivity index (χ2v) is 4.66. The van der Waals surface area contributed by atoms with E-state index >= 15 is 0 Å². The first-order valence-electron chi connectivity index (χ1n) is 5.22. The minimum absolute atomic E-state index is 0.728. The summed E-state index contributed by atoms with van der Waals surface area (Å²) in [5, 5.41) is 0. The highest BCUT2D eigenvalue weighted by molar-refractivity contribution is 9.10. The summed E-state index contributed by atoms with van der Waals surface area (Å²) < 4.78 is 0.979. The predicted molar refractivity (Wildman–Crippen MR) is 70.3 cm³/mol. The number of nitrogens with one attached hydrogen (secondary N) is 1. The molecule has 84 valence electrons. The van der Waals surface area contributed by atoms with Crippen molar-refractivity contribution in [3.63, 3.8) is 0 Å². The Labute approximate surface area is 103 Å². The van der Waals surface area contributed by atoms with E-state index in [0.29, 0.717) is 0 Å². The lowest BCUT2D eigenvalue weighted by Crippen LogP contribution is -1.91. The van der Waals surface area contributed by atoms with Crippen LogP contribution in [0.4, 0.5) is 5.69 Å². The number of benzene rings is 1. The quantitative estimate of drug-likeness (QED) is 0.829. The second kappa shape index (κ2) is 4.29. The molecular formula is C12H14BrN3. The molecule has 0 bridgehead atoms. The van der Waals surface area contributed by atoms with Gasteiger partial charge in [0, 0.05) is 21.4 Å². The van der Waals surface area contributed by atoms with Crippen LogP contribution in [0.15, 0.2) is 22.7 Å². The number of nitrogens with two attached hydrogens (primary N) is 1. The van der Waals surface area contributed by atoms with E-state index in [4.69, 9.17) is 5.73 Å². The fraction of sp³-hybridized carbons (Fsp3) is 0.250. The van der Waals surface area contributed by atoms with Crippen molar-refractivity contribution in [1.82, 2.24) is 9.97 Å². The van der Waals surface area contributed by atoms with Gasteiger partial charge in [0.05, 0.1) is 5.69 Å². The van der Waals surface area contributed by atoms with Gasteiger partial charge in [-0.3, -0.25) is 0 Å². The fourth-order valence-electron chi connectivity index (χ4n) is 1.72. The molecule has 0 unspecified atom stereocenters.